The first-order chi connectivity index (χ1) is 15.8. The number of para-hydroxylation sites is 2. The second-order valence-electron chi connectivity index (χ2n) is 8.15. The van der Waals surface area contributed by atoms with Gasteiger partial charge in [0.05, 0.1) is 13.2 Å². The van der Waals surface area contributed by atoms with Gasteiger partial charge in [0.25, 0.3) is 0 Å². The average Bonchev–Trinajstić information content (AvgIpc) is 3.21. The van der Waals surface area contributed by atoms with Gasteiger partial charge in [-0.1, -0.05) is 48.5 Å². The first kappa shape index (κ1) is 20.4. The molecule has 5 rings (SSSR count). The van der Waals surface area contributed by atoms with Crippen LogP contribution in [0.25, 0.3) is 0 Å². The van der Waals surface area contributed by atoms with E-state index in [9.17, 15) is 0 Å². The van der Waals surface area contributed by atoms with Gasteiger partial charge >= 0.3 is 0 Å². The van der Waals surface area contributed by atoms with Crippen LogP contribution in [0.3, 0.4) is 0 Å². The van der Waals surface area contributed by atoms with E-state index in [1.807, 2.05) is 48.5 Å². The van der Waals surface area contributed by atoms with Crippen LogP contribution in [0.2, 0.25) is 0 Å². The molecule has 0 bridgehead atoms. The van der Waals surface area contributed by atoms with E-state index >= 15 is 0 Å². The molecule has 3 aromatic carbocycles. The largest absolute Gasteiger partial charge is 0.496 e. The monoisotopic (exact) mass is 424 g/mol. The molecule has 0 radical (unpaired) electrons. The highest BCUT2D eigenvalue weighted by Gasteiger charge is 2.28. The van der Waals surface area contributed by atoms with Gasteiger partial charge in [-0.2, -0.15) is 0 Å². The lowest BCUT2D eigenvalue weighted by Crippen LogP contribution is -2.29. The van der Waals surface area contributed by atoms with Gasteiger partial charge in [0, 0.05) is 37.1 Å². The number of hydrogen-bond donors (Lipinski definition) is 0. The third kappa shape index (κ3) is 4.27. The second kappa shape index (κ2) is 9.33. The highest BCUT2D eigenvalue weighted by molar-refractivity contribution is 5.39. The maximum absolute atomic E-state index is 6.16. The molecule has 4 heteroatoms. The van der Waals surface area contributed by atoms with Gasteiger partial charge < -0.3 is 14.0 Å². The van der Waals surface area contributed by atoms with Gasteiger partial charge in [0.1, 0.15) is 17.2 Å². The Morgan fingerprint density at radius 1 is 0.812 bits per heavy atom. The smallest absolute Gasteiger partial charge is 0.127 e. The van der Waals surface area contributed by atoms with Crippen molar-refractivity contribution in [2.24, 2.45) is 0 Å². The zero-order valence-corrected chi connectivity index (χ0v) is 18.4. The summed E-state index contributed by atoms with van der Waals surface area (Å²) in [5.74, 6) is 2.64. The molecule has 0 unspecified atom stereocenters. The summed E-state index contributed by atoms with van der Waals surface area (Å²) in [4.78, 5) is 2.55. The van der Waals surface area contributed by atoms with Gasteiger partial charge in [0.15, 0.2) is 0 Å². The molecule has 32 heavy (non-hydrogen) atoms. The number of ether oxygens (including phenoxy) is 2. The fraction of sp³-hybridized carbons (Fsp3) is 0.214. The topological polar surface area (TPSA) is 26.6 Å². The molecule has 0 amide bonds. The van der Waals surface area contributed by atoms with E-state index in [-0.39, 0.29) is 6.04 Å². The molecule has 1 aliphatic rings. The summed E-state index contributed by atoms with van der Waals surface area (Å²) in [6.07, 6.45) is 3.30. The Morgan fingerprint density at radius 3 is 2.50 bits per heavy atom. The van der Waals surface area contributed by atoms with Crippen molar-refractivity contribution in [3.63, 3.8) is 0 Å². The van der Waals surface area contributed by atoms with Crippen molar-refractivity contribution in [1.82, 2.24) is 9.47 Å². The molecule has 1 aromatic heterocycles. The fourth-order valence-corrected chi connectivity index (χ4v) is 4.62. The SMILES string of the molecule is COc1ccccc1CN1CCCn2cccc2[C@@H]1c1cccc(Oc2ccccc2)c1. The van der Waals surface area contributed by atoms with Gasteiger partial charge in [-0.05, 0) is 54.4 Å². The molecule has 162 valence electrons. The van der Waals surface area contributed by atoms with Crippen LogP contribution in [-0.4, -0.2) is 23.1 Å². The number of methoxy groups -OCH3 is 1. The van der Waals surface area contributed by atoms with Gasteiger partial charge in [-0.15, -0.1) is 0 Å². The van der Waals surface area contributed by atoms with Gasteiger partial charge in [-0.25, -0.2) is 0 Å². The molecule has 0 aliphatic carbocycles. The first-order valence-electron chi connectivity index (χ1n) is 11.2. The molecule has 0 saturated heterocycles. The fourth-order valence-electron chi connectivity index (χ4n) is 4.62. The van der Waals surface area contributed by atoms with E-state index in [0.717, 1.165) is 43.3 Å². The van der Waals surface area contributed by atoms with Crippen LogP contribution in [0.1, 0.15) is 29.3 Å². The predicted octanol–water partition coefficient (Wildman–Crippen LogP) is 6.28. The van der Waals surface area contributed by atoms with Crippen molar-refractivity contribution in [2.45, 2.75) is 25.6 Å². The van der Waals surface area contributed by atoms with E-state index in [4.69, 9.17) is 9.47 Å². The van der Waals surface area contributed by atoms with Crippen LogP contribution < -0.4 is 9.47 Å². The first-order valence-corrected chi connectivity index (χ1v) is 11.2. The van der Waals surface area contributed by atoms with Crippen molar-refractivity contribution in [3.8, 4) is 17.2 Å². The normalized spacial score (nSPS) is 16.2. The lowest BCUT2D eigenvalue weighted by atomic mass is 10.0. The van der Waals surface area contributed by atoms with Crippen molar-refractivity contribution < 1.29 is 9.47 Å². The molecular weight excluding hydrogens is 396 g/mol. The van der Waals surface area contributed by atoms with E-state index in [1.165, 1.54) is 16.8 Å². The second-order valence-corrected chi connectivity index (χ2v) is 8.15. The van der Waals surface area contributed by atoms with Crippen molar-refractivity contribution >= 4 is 0 Å². The Kier molecular flexibility index (Phi) is 5.95. The molecule has 1 atom stereocenters. The van der Waals surface area contributed by atoms with Crippen LogP contribution in [0.15, 0.2) is 97.2 Å². The minimum atomic E-state index is 0.136. The van der Waals surface area contributed by atoms with Crippen LogP contribution >= 0.6 is 0 Å². The van der Waals surface area contributed by atoms with Gasteiger partial charge in [0.2, 0.25) is 0 Å². The molecule has 2 heterocycles. The maximum Gasteiger partial charge on any atom is 0.127 e. The van der Waals surface area contributed by atoms with Crippen molar-refractivity contribution in [2.75, 3.05) is 13.7 Å². The Labute approximate surface area is 189 Å². The Balaban J connectivity index is 1.52. The van der Waals surface area contributed by atoms with E-state index in [0.29, 0.717) is 0 Å². The van der Waals surface area contributed by atoms with Crippen LogP contribution in [0, 0.1) is 0 Å². The minimum Gasteiger partial charge on any atom is -0.496 e. The molecule has 0 spiro atoms. The number of hydrogen-bond acceptors (Lipinski definition) is 3. The number of aryl methyl sites for hydroxylation is 1. The van der Waals surface area contributed by atoms with Crippen LogP contribution in [-0.2, 0) is 13.1 Å². The lowest BCUT2D eigenvalue weighted by molar-refractivity contribution is 0.217. The Hall–Kier alpha value is -3.50. The van der Waals surface area contributed by atoms with Crippen molar-refractivity contribution in [1.29, 1.82) is 0 Å². The zero-order chi connectivity index (χ0) is 21.8. The summed E-state index contributed by atoms with van der Waals surface area (Å²) >= 11 is 0. The van der Waals surface area contributed by atoms with E-state index < -0.39 is 0 Å². The molecule has 1 aliphatic heterocycles. The molecular formula is C28H28N2O2. The molecule has 4 nitrogen and oxygen atoms in total. The minimum absolute atomic E-state index is 0.136. The Bertz CT molecular complexity index is 1170. The molecule has 4 aromatic rings. The standard InChI is InChI=1S/C28H28N2O2/c1-31-27-16-6-5-10-23(27)21-30-19-9-18-29-17-8-15-26(29)28(30)22-11-7-14-25(20-22)32-24-12-3-2-4-13-24/h2-8,10-17,20,28H,9,18-19,21H2,1H3/t28-/m0/s1. The highest BCUT2D eigenvalue weighted by Crippen LogP contribution is 2.36. The average molecular weight is 425 g/mol. The summed E-state index contributed by atoms with van der Waals surface area (Å²) in [5, 5.41) is 0. The van der Waals surface area contributed by atoms with E-state index in [2.05, 4.69) is 58.1 Å². The summed E-state index contributed by atoms with van der Waals surface area (Å²) in [7, 11) is 1.74. The van der Waals surface area contributed by atoms with E-state index in [1.54, 1.807) is 7.11 Å². The summed E-state index contributed by atoms with van der Waals surface area (Å²) in [5.41, 5.74) is 3.75. The van der Waals surface area contributed by atoms with Crippen LogP contribution in [0.5, 0.6) is 17.2 Å². The number of aromatic nitrogens is 1. The summed E-state index contributed by atoms with van der Waals surface area (Å²) < 4.78 is 14.2. The quantitative estimate of drug-likeness (QED) is 0.364. The number of benzene rings is 3. The maximum atomic E-state index is 6.16. The Morgan fingerprint density at radius 2 is 1.62 bits per heavy atom. The summed E-state index contributed by atoms with van der Waals surface area (Å²) in [6.45, 7) is 2.86. The predicted molar refractivity (Wildman–Crippen MR) is 127 cm³/mol. The lowest BCUT2D eigenvalue weighted by Gasteiger charge is -2.31. The number of nitrogens with zero attached hydrogens (tertiary/aromatic N) is 2. The third-order valence-corrected chi connectivity index (χ3v) is 6.07. The number of rotatable bonds is 6. The molecule has 0 saturated carbocycles. The summed E-state index contributed by atoms with van der Waals surface area (Å²) in [6, 6.07) is 31.3. The third-order valence-electron chi connectivity index (χ3n) is 6.07. The molecule has 0 N–H and O–H groups in total. The highest BCUT2D eigenvalue weighted by atomic mass is 16.5. The van der Waals surface area contributed by atoms with Crippen molar-refractivity contribution in [3.05, 3.63) is 114 Å². The van der Waals surface area contributed by atoms with Gasteiger partial charge in [-0.3, -0.25) is 4.90 Å². The molecule has 0 fully saturated rings. The zero-order valence-electron chi connectivity index (χ0n) is 18.4. The van der Waals surface area contributed by atoms with Crippen LogP contribution in [0.4, 0.5) is 0 Å². The number of fused-ring (bicyclic) bond motifs is 1.